The van der Waals surface area contributed by atoms with Crippen molar-refractivity contribution in [2.24, 2.45) is 0 Å². The Labute approximate surface area is 162 Å². The van der Waals surface area contributed by atoms with Crippen LogP contribution in [0.1, 0.15) is 16.7 Å². The van der Waals surface area contributed by atoms with E-state index in [1.807, 2.05) is 48.7 Å². The first-order valence-electron chi connectivity index (χ1n) is 8.77. The first kappa shape index (κ1) is 17.5. The number of methoxy groups -OCH3 is 1. The van der Waals surface area contributed by atoms with Gasteiger partial charge in [0.05, 0.1) is 25.8 Å². The van der Waals surface area contributed by atoms with Crippen molar-refractivity contribution >= 4 is 22.4 Å². The van der Waals surface area contributed by atoms with Crippen molar-refractivity contribution in [1.29, 1.82) is 0 Å². The molecule has 1 aliphatic heterocycles. The van der Waals surface area contributed by atoms with Gasteiger partial charge in [-0.1, -0.05) is 23.8 Å². The zero-order chi connectivity index (χ0) is 18.8. The molecule has 138 valence electrons. The molecule has 1 aromatic heterocycles. The molecule has 0 spiro atoms. The average Bonchev–Trinajstić information content (AvgIpc) is 3.30. The van der Waals surface area contributed by atoms with E-state index >= 15 is 0 Å². The number of thiazole rings is 1. The zero-order valence-corrected chi connectivity index (χ0v) is 16.1. The number of carbonyl (C=O) groups excluding carboxylic acids is 1. The Kier molecular flexibility index (Phi) is 4.81. The van der Waals surface area contributed by atoms with E-state index in [0.29, 0.717) is 11.6 Å². The van der Waals surface area contributed by atoms with Gasteiger partial charge < -0.3 is 14.8 Å². The summed E-state index contributed by atoms with van der Waals surface area (Å²) in [5.74, 6) is 1.62. The standard InChI is InChI=1S/C21H20N2O3S/c1-13-3-5-19(25-2)16(9-13)17-12-27-21(22-17)23-20(24)11-14-4-6-18-15(10-14)7-8-26-18/h3-6,9-10,12H,7-8,11H2,1-2H3,(H,22,23,24). The van der Waals surface area contributed by atoms with Crippen LogP contribution in [0.3, 0.4) is 0 Å². The quantitative estimate of drug-likeness (QED) is 0.719. The number of hydrogen-bond acceptors (Lipinski definition) is 5. The lowest BCUT2D eigenvalue weighted by Crippen LogP contribution is -2.14. The van der Waals surface area contributed by atoms with Crippen LogP contribution in [0.25, 0.3) is 11.3 Å². The van der Waals surface area contributed by atoms with E-state index in [-0.39, 0.29) is 5.91 Å². The fraction of sp³-hybridized carbons (Fsp3) is 0.238. The lowest BCUT2D eigenvalue weighted by atomic mass is 10.1. The van der Waals surface area contributed by atoms with Gasteiger partial charge in [-0.3, -0.25) is 4.79 Å². The number of benzene rings is 2. The van der Waals surface area contributed by atoms with Crippen LogP contribution in [-0.2, 0) is 17.6 Å². The molecule has 0 radical (unpaired) electrons. The van der Waals surface area contributed by atoms with Gasteiger partial charge in [-0.15, -0.1) is 11.3 Å². The molecule has 0 bridgehead atoms. The maximum absolute atomic E-state index is 12.4. The molecular weight excluding hydrogens is 360 g/mol. The van der Waals surface area contributed by atoms with Crippen molar-refractivity contribution < 1.29 is 14.3 Å². The fourth-order valence-electron chi connectivity index (χ4n) is 3.18. The summed E-state index contributed by atoms with van der Waals surface area (Å²) in [5.41, 5.74) is 5.00. The topological polar surface area (TPSA) is 60.5 Å². The molecule has 4 rings (SSSR count). The van der Waals surface area contributed by atoms with E-state index in [2.05, 4.69) is 10.3 Å². The van der Waals surface area contributed by atoms with Crippen molar-refractivity contribution in [1.82, 2.24) is 4.98 Å². The van der Waals surface area contributed by atoms with Crippen LogP contribution < -0.4 is 14.8 Å². The molecule has 0 saturated heterocycles. The summed E-state index contributed by atoms with van der Waals surface area (Å²) in [5, 5.41) is 5.41. The molecule has 6 heteroatoms. The molecule has 0 fully saturated rings. The highest BCUT2D eigenvalue weighted by Crippen LogP contribution is 2.33. The predicted molar refractivity (Wildman–Crippen MR) is 107 cm³/mol. The second-order valence-corrected chi connectivity index (χ2v) is 7.37. The first-order valence-corrected chi connectivity index (χ1v) is 9.65. The van der Waals surface area contributed by atoms with E-state index in [1.54, 1.807) is 7.11 Å². The summed E-state index contributed by atoms with van der Waals surface area (Å²) in [6.07, 6.45) is 1.22. The summed E-state index contributed by atoms with van der Waals surface area (Å²) in [7, 11) is 1.64. The molecule has 3 aromatic rings. The summed E-state index contributed by atoms with van der Waals surface area (Å²) in [6, 6.07) is 11.9. The summed E-state index contributed by atoms with van der Waals surface area (Å²) >= 11 is 1.41. The van der Waals surface area contributed by atoms with Crippen LogP contribution in [0.2, 0.25) is 0 Å². The number of amides is 1. The lowest BCUT2D eigenvalue weighted by molar-refractivity contribution is -0.115. The summed E-state index contributed by atoms with van der Waals surface area (Å²) in [4.78, 5) is 17.0. The van der Waals surface area contributed by atoms with Crippen molar-refractivity contribution in [3.8, 4) is 22.8 Å². The molecular formula is C21H20N2O3S. The normalized spacial score (nSPS) is 12.4. The predicted octanol–water partition coefficient (Wildman–Crippen LogP) is 4.24. The van der Waals surface area contributed by atoms with Crippen molar-refractivity contribution in [3.63, 3.8) is 0 Å². The van der Waals surface area contributed by atoms with Crippen LogP contribution in [0, 0.1) is 6.92 Å². The number of aryl methyl sites for hydroxylation is 1. The van der Waals surface area contributed by atoms with Crippen molar-refractivity contribution in [3.05, 3.63) is 58.5 Å². The Hall–Kier alpha value is -2.86. The van der Waals surface area contributed by atoms with Crippen LogP contribution >= 0.6 is 11.3 Å². The molecule has 1 aliphatic rings. The monoisotopic (exact) mass is 380 g/mol. The van der Waals surface area contributed by atoms with Gasteiger partial charge in [0, 0.05) is 17.4 Å². The average molecular weight is 380 g/mol. The highest BCUT2D eigenvalue weighted by molar-refractivity contribution is 7.14. The van der Waals surface area contributed by atoms with Crippen molar-refractivity contribution in [2.75, 3.05) is 19.0 Å². The number of aromatic nitrogens is 1. The highest BCUT2D eigenvalue weighted by Gasteiger charge is 2.15. The summed E-state index contributed by atoms with van der Waals surface area (Å²) < 4.78 is 10.9. The number of rotatable bonds is 5. The lowest BCUT2D eigenvalue weighted by Gasteiger charge is -2.07. The van der Waals surface area contributed by atoms with E-state index in [1.165, 1.54) is 16.9 Å². The third-order valence-electron chi connectivity index (χ3n) is 4.50. The van der Waals surface area contributed by atoms with Crippen LogP contribution in [0.5, 0.6) is 11.5 Å². The third-order valence-corrected chi connectivity index (χ3v) is 5.26. The minimum Gasteiger partial charge on any atom is -0.496 e. The molecule has 5 nitrogen and oxygen atoms in total. The van der Waals surface area contributed by atoms with E-state index in [9.17, 15) is 4.79 Å². The Morgan fingerprint density at radius 2 is 2.19 bits per heavy atom. The SMILES string of the molecule is COc1ccc(C)cc1-c1csc(NC(=O)Cc2ccc3c(c2)CCO3)n1. The molecule has 1 N–H and O–H groups in total. The van der Waals surface area contributed by atoms with Gasteiger partial charge in [-0.05, 0) is 36.2 Å². The van der Waals surface area contributed by atoms with E-state index in [4.69, 9.17) is 9.47 Å². The Bertz CT molecular complexity index is 997. The fourth-order valence-corrected chi connectivity index (χ4v) is 3.90. The van der Waals surface area contributed by atoms with Gasteiger partial charge in [-0.2, -0.15) is 0 Å². The van der Waals surface area contributed by atoms with Crippen LogP contribution in [0.15, 0.2) is 41.8 Å². The van der Waals surface area contributed by atoms with Gasteiger partial charge in [0.2, 0.25) is 5.91 Å². The zero-order valence-electron chi connectivity index (χ0n) is 15.2. The number of ether oxygens (including phenoxy) is 2. The third kappa shape index (κ3) is 3.80. The first-order chi connectivity index (χ1) is 13.1. The van der Waals surface area contributed by atoms with Gasteiger partial charge in [-0.25, -0.2) is 4.98 Å². The maximum atomic E-state index is 12.4. The van der Waals surface area contributed by atoms with Crippen molar-refractivity contribution in [2.45, 2.75) is 19.8 Å². The minimum atomic E-state index is -0.0778. The summed E-state index contributed by atoms with van der Waals surface area (Å²) in [6.45, 7) is 2.74. The molecule has 0 atom stereocenters. The largest absolute Gasteiger partial charge is 0.496 e. The second-order valence-electron chi connectivity index (χ2n) is 6.51. The molecule has 0 aliphatic carbocycles. The van der Waals surface area contributed by atoms with Crippen LogP contribution in [0.4, 0.5) is 5.13 Å². The molecule has 27 heavy (non-hydrogen) atoms. The minimum absolute atomic E-state index is 0.0778. The highest BCUT2D eigenvalue weighted by atomic mass is 32.1. The van der Waals surface area contributed by atoms with Crippen LogP contribution in [-0.4, -0.2) is 24.6 Å². The molecule has 0 unspecified atom stereocenters. The number of anilines is 1. The van der Waals surface area contributed by atoms with Gasteiger partial charge in [0.15, 0.2) is 5.13 Å². The maximum Gasteiger partial charge on any atom is 0.230 e. The Balaban J connectivity index is 1.46. The molecule has 0 saturated carbocycles. The molecule has 2 heterocycles. The number of nitrogens with zero attached hydrogens (tertiary/aromatic N) is 1. The van der Waals surface area contributed by atoms with E-state index in [0.717, 1.165) is 46.9 Å². The Morgan fingerprint density at radius 3 is 3.04 bits per heavy atom. The van der Waals surface area contributed by atoms with E-state index < -0.39 is 0 Å². The number of nitrogens with one attached hydrogen (secondary N) is 1. The Morgan fingerprint density at radius 1 is 1.30 bits per heavy atom. The smallest absolute Gasteiger partial charge is 0.230 e. The number of fused-ring (bicyclic) bond motifs is 1. The molecule has 2 aromatic carbocycles. The number of carbonyl (C=O) groups is 1. The van der Waals surface area contributed by atoms with Gasteiger partial charge in [0.1, 0.15) is 11.5 Å². The second kappa shape index (κ2) is 7.40. The van der Waals surface area contributed by atoms with Gasteiger partial charge >= 0.3 is 0 Å². The number of hydrogen-bond donors (Lipinski definition) is 1. The van der Waals surface area contributed by atoms with Gasteiger partial charge in [0.25, 0.3) is 0 Å². The molecule has 1 amide bonds.